The van der Waals surface area contributed by atoms with Crippen LogP contribution < -0.4 is 4.74 Å². The van der Waals surface area contributed by atoms with E-state index in [1.54, 1.807) is 18.1 Å². The van der Waals surface area contributed by atoms with Gasteiger partial charge in [0.05, 0.1) is 23.6 Å². The van der Waals surface area contributed by atoms with Crippen LogP contribution in [0.2, 0.25) is 4.34 Å². The van der Waals surface area contributed by atoms with Crippen LogP contribution in [0.25, 0.3) is 0 Å². The number of carbonyl (C=O) groups is 1. The van der Waals surface area contributed by atoms with Crippen LogP contribution in [0.4, 0.5) is 0 Å². The molecule has 2 rings (SSSR count). The van der Waals surface area contributed by atoms with Gasteiger partial charge in [-0.15, -0.1) is 11.3 Å². The molecule has 0 spiro atoms. The van der Waals surface area contributed by atoms with E-state index in [-0.39, 0.29) is 5.91 Å². The third-order valence-corrected chi connectivity index (χ3v) is 4.96. The summed E-state index contributed by atoms with van der Waals surface area (Å²) in [6, 6.07) is 9.18. The van der Waals surface area contributed by atoms with Crippen molar-refractivity contribution >= 4 is 44.8 Å². The molecule has 0 aliphatic heterocycles. The average Bonchev–Trinajstić information content (AvgIpc) is 2.90. The number of methoxy groups -OCH3 is 1. The van der Waals surface area contributed by atoms with Crippen LogP contribution in [0, 0.1) is 0 Å². The molecule has 1 aromatic heterocycles. The number of carbonyl (C=O) groups excluding carboxylic acids is 1. The molecule has 0 aliphatic rings. The molecule has 3 nitrogen and oxygen atoms in total. The van der Waals surface area contributed by atoms with Gasteiger partial charge in [0, 0.05) is 15.9 Å². The lowest BCUT2D eigenvalue weighted by Crippen LogP contribution is -2.30. The van der Waals surface area contributed by atoms with Crippen LogP contribution in [0.5, 0.6) is 5.75 Å². The quantitative estimate of drug-likeness (QED) is 0.734. The predicted molar refractivity (Wildman–Crippen MR) is 90.4 cm³/mol. The maximum absolute atomic E-state index is 12.7. The molecule has 21 heavy (non-hydrogen) atoms. The Morgan fingerprint density at radius 2 is 2.14 bits per heavy atom. The first-order chi connectivity index (χ1) is 10.0. The summed E-state index contributed by atoms with van der Waals surface area (Å²) in [7, 11) is 1.59. The second-order valence-corrected chi connectivity index (χ2v) is 7.02. The van der Waals surface area contributed by atoms with E-state index in [1.807, 2.05) is 31.2 Å². The van der Waals surface area contributed by atoms with Crippen molar-refractivity contribution in [2.75, 3.05) is 13.7 Å². The molecule has 1 aromatic carbocycles. The molecule has 0 aliphatic carbocycles. The Morgan fingerprint density at radius 1 is 1.38 bits per heavy atom. The zero-order valence-corrected chi connectivity index (χ0v) is 14.9. The van der Waals surface area contributed by atoms with Gasteiger partial charge in [0.1, 0.15) is 5.75 Å². The smallest absolute Gasteiger partial charge is 0.255 e. The zero-order valence-electron chi connectivity index (χ0n) is 11.7. The van der Waals surface area contributed by atoms with E-state index < -0.39 is 0 Å². The average molecular weight is 389 g/mol. The Balaban J connectivity index is 2.23. The molecule has 0 radical (unpaired) electrons. The second-order valence-electron chi connectivity index (χ2n) is 4.37. The summed E-state index contributed by atoms with van der Waals surface area (Å²) in [6.45, 7) is 3.13. The summed E-state index contributed by atoms with van der Waals surface area (Å²) in [6.07, 6.45) is 0. The predicted octanol–water partition coefficient (Wildman–Crippen LogP) is 4.83. The van der Waals surface area contributed by atoms with Crippen LogP contribution in [0.3, 0.4) is 0 Å². The number of amides is 1. The first-order valence-electron chi connectivity index (χ1n) is 6.42. The zero-order chi connectivity index (χ0) is 15.4. The molecule has 0 fully saturated rings. The van der Waals surface area contributed by atoms with E-state index in [4.69, 9.17) is 16.3 Å². The topological polar surface area (TPSA) is 29.5 Å². The fourth-order valence-corrected chi connectivity index (χ4v) is 3.44. The largest absolute Gasteiger partial charge is 0.497 e. The van der Waals surface area contributed by atoms with Gasteiger partial charge in [-0.3, -0.25) is 4.79 Å². The van der Waals surface area contributed by atoms with Gasteiger partial charge in [0.2, 0.25) is 0 Å². The fourth-order valence-electron chi connectivity index (χ4n) is 1.92. The molecular formula is C15H15BrClNO2S. The highest BCUT2D eigenvalue weighted by Gasteiger charge is 2.18. The standard InChI is InChI=1S/C15H15BrClNO2S/c1-3-18(9-11-5-7-14(17)21-11)15(19)12-8-10(20-2)4-6-13(12)16/h4-8H,3,9H2,1-2H3. The molecular weight excluding hydrogens is 374 g/mol. The first-order valence-corrected chi connectivity index (χ1v) is 8.41. The maximum Gasteiger partial charge on any atom is 0.255 e. The normalized spacial score (nSPS) is 10.5. The van der Waals surface area contributed by atoms with Crippen LogP contribution in [0.15, 0.2) is 34.8 Å². The van der Waals surface area contributed by atoms with Gasteiger partial charge < -0.3 is 9.64 Å². The summed E-state index contributed by atoms with van der Waals surface area (Å²) in [5.74, 6) is 0.629. The highest BCUT2D eigenvalue weighted by Crippen LogP contribution is 2.26. The monoisotopic (exact) mass is 387 g/mol. The molecule has 0 saturated heterocycles. The van der Waals surface area contributed by atoms with Crippen molar-refractivity contribution in [3.8, 4) is 5.75 Å². The Hall–Kier alpha value is -1.04. The Morgan fingerprint density at radius 3 is 2.71 bits per heavy atom. The van der Waals surface area contributed by atoms with Crippen LogP contribution in [0.1, 0.15) is 22.2 Å². The third kappa shape index (κ3) is 3.99. The van der Waals surface area contributed by atoms with Gasteiger partial charge >= 0.3 is 0 Å². The van der Waals surface area contributed by atoms with Crippen molar-refractivity contribution in [3.63, 3.8) is 0 Å². The lowest BCUT2D eigenvalue weighted by molar-refractivity contribution is 0.0753. The van der Waals surface area contributed by atoms with Crippen molar-refractivity contribution in [1.29, 1.82) is 0 Å². The highest BCUT2D eigenvalue weighted by molar-refractivity contribution is 9.10. The fraction of sp³-hybridized carbons (Fsp3) is 0.267. The Kier molecular flexibility index (Phi) is 5.67. The van der Waals surface area contributed by atoms with Crippen molar-refractivity contribution in [2.24, 2.45) is 0 Å². The molecule has 112 valence electrons. The molecule has 2 aromatic rings. The van der Waals surface area contributed by atoms with E-state index in [2.05, 4.69) is 15.9 Å². The number of rotatable bonds is 5. The van der Waals surface area contributed by atoms with Gasteiger partial charge in [-0.1, -0.05) is 11.6 Å². The summed E-state index contributed by atoms with van der Waals surface area (Å²) >= 11 is 10.9. The lowest BCUT2D eigenvalue weighted by atomic mass is 10.2. The minimum Gasteiger partial charge on any atom is -0.497 e. The summed E-state index contributed by atoms with van der Waals surface area (Å²) in [5, 5.41) is 0. The molecule has 6 heteroatoms. The van der Waals surface area contributed by atoms with E-state index in [9.17, 15) is 4.79 Å². The third-order valence-electron chi connectivity index (χ3n) is 3.05. The van der Waals surface area contributed by atoms with Gasteiger partial charge in [0.25, 0.3) is 5.91 Å². The molecule has 0 N–H and O–H groups in total. The number of thiophene rings is 1. The molecule has 1 heterocycles. The maximum atomic E-state index is 12.7. The van der Waals surface area contributed by atoms with E-state index >= 15 is 0 Å². The number of hydrogen-bond donors (Lipinski definition) is 0. The number of benzene rings is 1. The molecule has 0 unspecified atom stereocenters. The van der Waals surface area contributed by atoms with Crippen molar-refractivity contribution in [2.45, 2.75) is 13.5 Å². The number of nitrogens with zero attached hydrogens (tertiary/aromatic N) is 1. The lowest BCUT2D eigenvalue weighted by Gasteiger charge is -2.21. The van der Waals surface area contributed by atoms with Gasteiger partial charge in [-0.2, -0.15) is 0 Å². The number of halogens is 2. The van der Waals surface area contributed by atoms with E-state index in [1.165, 1.54) is 11.3 Å². The Labute approximate surface area is 141 Å². The van der Waals surface area contributed by atoms with Crippen molar-refractivity contribution in [3.05, 3.63) is 49.6 Å². The van der Waals surface area contributed by atoms with Gasteiger partial charge in [-0.25, -0.2) is 0 Å². The molecule has 1 amide bonds. The molecule has 0 atom stereocenters. The Bertz CT molecular complexity index is 644. The number of ether oxygens (including phenoxy) is 1. The highest BCUT2D eigenvalue weighted by atomic mass is 79.9. The number of hydrogen-bond acceptors (Lipinski definition) is 3. The van der Waals surface area contributed by atoms with Gasteiger partial charge in [-0.05, 0) is 53.2 Å². The summed E-state index contributed by atoms with van der Waals surface area (Å²) in [4.78, 5) is 15.5. The van der Waals surface area contributed by atoms with E-state index in [0.29, 0.717) is 24.4 Å². The SMILES string of the molecule is CCN(Cc1ccc(Cl)s1)C(=O)c1cc(OC)ccc1Br. The van der Waals surface area contributed by atoms with E-state index in [0.717, 1.165) is 13.7 Å². The van der Waals surface area contributed by atoms with Crippen molar-refractivity contribution < 1.29 is 9.53 Å². The summed E-state index contributed by atoms with van der Waals surface area (Å²) in [5.41, 5.74) is 0.596. The second kappa shape index (κ2) is 7.29. The van der Waals surface area contributed by atoms with Crippen LogP contribution in [-0.2, 0) is 6.54 Å². The van der Waals surface area contributed by atoms with Crippen LogP contribution in [-0.4, -0.2) is 24.5 Å². The minimum atomic E-state index is -0.0344. The van der Waals surface area contributed by atoms with Crippen LogP contribution >= 0.6 is 38.9 Å². The molecule has 0 bridgehead atoms. The molecule has 0 saturated carbocycles. The minimum absolute atomic E-state index is 0.0344. The van der Waals surface area contributed by atoms with Crippen molar-refractivity contribution in [1.82, 2.24) is 4.90 Å². The first kappa shape index (κ1) is 16.3. The summed E-state index contributed by atoms with van der Waals surface area (Å²) < 4.78 is 6.68. The van der Waals surface area contributed by atoms with Gasteiger partial charge in [0.15, 0.2) is 0 Å².